The van der Waals surface area contributed by atoms with Gasteiger partial charge in [-0.1, -0.05) is 0 Å². The Morgan fingerprint density at radius 3 is 2.09 bits per heavy atom. The zero-order valence-corrected chi connectivity index (χ0v) is 6.14. The third-order valence-electron chi connectivity index (χ3n) is 1.13. The van der Waals surface area contributed by atoms with Crippen molar-refractivity contribution in [2.75, 3.05) is 0 Å². The van der Waals surface area contributed by atoms with Crippen molar-refractivity contribution in [3.63, 3.8) is 0 Å². The van der Waals surface area contributed by atoms with Gasteiger partial charge in [-0.15, -0.1) is 4.91 Å². The van der Waals surface area contributed by atoms with Crippen LogP contribution in [0.3, 0.4) is 0 Å². The van der Waals surface area contributed by atoms with Crippen molar-refractivity contribution >= 4 is 11.9 Å². The lowest BCUT2D eigenvalue weighted by atomic mass is 10.3. The Bertz CT molecular complexity index is 191. The number of hydrogen-bond acceptors (Lipinski definition) is 4. The molecule has 1 N–H and O–H groups in total. The second-order valence-corrected chi connectivity index (χ2v) is 1.96. The Labute approximate surface area is 62.7 Å². The molecule has 0 aromatic carbocycles. The second-order valence-electron chi connectivity index (χ2n) is 1.96. The lowest BCUT2D eigenvalue weighted by molar-refractivity contribution is -0.148. The van der Waals surface area contributed by atoms with E-state index in [2.05, 4.69) is 5.29 Å². The van der Waals surface area contributed by atoms with E-state index in [4.69, 9.17) is 5.11 Å². The van der Waals surface area contributed by atoms with Crippen LogP contribution in [-0.4, -0.2) is 28.0 Å². The van der Waals surface area contributed by atoms with Crippen molar-refractivity contribution in [1.29, 1.82) is 0 Å². The zero-order valence-electron chi connectivity index (χ0n) is 6.14. The number of carboxylic acid groups (broad SMARTS) is 1. The molecular formula is C5H8N2O4. The van der Waals surface area contributed by atoms with Gasteiger partial charge in [-0.05, 0) is 6.92 Å². The Hall–Kier alpha value is -1.46. The maximum absolute atomic E-state index is 10.5. The number of rotatable bonds is 3. The standard InChI is InChI=1S/C5H8N2O4/c1-3(5(9)10)7(6-11)4(2)8/h3H,1-2H3,(H,9,10). The first-order valence-electron chi connectivity index (χ1n) is 2.86. The fourth-order valence-corrected chi connectivity index (χ4v) is 0.506. The van der Waals surface area contributed by atoms with Crippen LogP contribution in [0.2, 0.25) is 0 Å². The van der Waals surface area contributed by atoms with E-state index in [1.807, 2.05) is 0 Å². The number of amides is 1. The van der Waals surface area contributed by atoms with Crippen LogP contribution in [0.15, 0.2) is 5.29 Å². The Morgan fingerprint density at radius 2 is 2.00 bits per heavy atom. The highest BCUT2D eigenvalue weighted by Crippen LogP contribution is 1.99. The fourth-order valence-electron chi connectivity index (χ4n) is 0.506. The molecule has 1 unspecified atom stereocenters. The molecule has 0 aromatic rings. The molecule has 6 nitrogen and oxygen atoms in total. The van der Waals surface area contributed by atoms with Gasteiger partial charge in [-0.3, -0.25) is 4.79 Å². The molecule has 0 saturated carbocycles. The van der Waals surface area contributed by atoms with Gasteiger partial charge in [-0.2, -0.15) is 5.01 Å². The van der Waals surface area contributed by atoms with Gasteiger partial charge in [0.1, 0.15) is 0 Å². The summed E-state index contributed by atoms with van der Waals surface area (Å²) in [7, 11) is 0. The van der Waals surface area contributed by atoms with Crippen molar-refractivity contribution in [1.82, 2.24) is 5.01 Å². The number of carboxylic acids is 1. The van der Waals surface area contributed by atoms with E-state index < -0.39 is 17.9 Å². The summed E-state index contributed by atoms with van der Waals surface area (Å²) < 4.78 is 0. The summed E-state index contributed by atoms with van der Waals surface area (Å²) in [6.07, 6.45) is 0. The van der Waals surface area contributed by atoms with Crippen molar-refractivity contribution in [2.24, 2.45) is 5.29 Å². The van der Waals surface area contributed by atoms with E-state index >= 15 is 0 Å². The summed E-state index contributed by atoms with van der Waals surface area (Å²) in [5.74, 6) is -1.95. The summed E-state index contributed by atoms with van der Waals surface area (Å²) in [5, 5.41) is 11.0. The number of hydrogen-bond donors (Lipinski definition) is 1. The number of nitrogens with zero attached hydrogens (tertiary/aromatic N) is 2. The van der Waals surface area contributed by atoms with Crippen molar-refractivity contribution in [3.05, 3.63) is 4.91 Å². The normalized spacial score (nSPS) is 11.8. The summed E-state index contributed by atoms with van der Waals surface area (Å²) in [4.78, 5) is 30.6. The van der Waals surface area contributed by atoms with Crippen LogP contribution in [0, 0.1) is 4.91 Å². The third-order valence-corrected chi connectivity index (χ3v) is 1.13. The summed E-state index contributed by atoms with van der Waals surface area (Å²) in [6.45, 7) is 2.27. The average molecular weight is 160 g/mol. The van der Waals surface area contributed by atoms with Gasteiger partial charge in [0.2, 0.25) is 5.91 Å². The number of carbonyl (C=O) groups is 2. The monoisotopic (exact) mass is 160 g/mol. The van der Waals surface area contributed by atoms with Gasteiger partial charge in [0.25, 0.3) is 0 Å². The molecule has 0 aromatic heterocycles. The minimum absolute atomic E-state index is 0.363. The van der Waals surface area contributed by atoms with E-state index in [0.29, 0.717) is 5.01 Å². The van der Waals surface area contributed by atoms with Gasteiger partial charge in [0.05, 0.1) is 5.29 Å². The molecule has 0 saturated heterocycles. The predicted molar refractivity (Wildman–Crippen MR) is 35.4 cm³/mol. The summed E-state index contributed by atoms with van der Waals surface area (Å²) in [5.41, 5.74) is 0. The van der Waals surface area contributed by atoms with Crippen LogP contribution in [0.25, 0.3) is 0 Å². The van der Waals surface area contributed by atoms with Gasteiger partial charge < -0.3 is 5.11 Å². The van der Waals surface area contributed by atoms with Gasteiger partial charge in [-0.25, -0.2) is 4.79 Å². The summed E-state index contributed by atoms with van der Waals surface area (Å²) >= 11 is 0. The largest absolute Gasteiger partial charge is 0.480 e. The number of aliphatic carboxylic acids is 1. The van der Waals surface area contributed by atoms with Crippen LogP contribution in [0.4, 0.5) is 0 Å². The fraction of sp³-hybridized carbons (Fsp3) is 0.600. The Balaban J connectivity index is 4.37. The zero-order chi connectivity index (χ0) is 9.02. The van der Waals surface area contributed by atoms with Crippen LogP contribution >= 0.6 is 0 Å². The van der Waals surface area contributed by atoms with E-state index in [9.17, 15) is 14.5 Å². The molecular weight excluding hydrogens is 152 g/mol. The lowest BCUT2D eigenvalue weighted by Gasteiger charge is -2.14. The number of carbonyl (C=O) groups excluding carboxylic acids is 1. The Kier molecular flexibility index (Phi) is 3.16. The third kappa shape index (κ3) is 2.32. The molecule has 0 fully saturated rings. The molecule has 6 heteroatoms. The lowest BCUT2D eigenvalue weighted by Crippen LogP contribution is -2.37. The van der Waals surface area contributed by atoms with E-state index in [0.717, 1.165) is 6.92 Å². The molecule has 11 heavy (non-hydrogen) atoms. The molecule has 0 heterocycles. The van der Waals surface area contributed by atoms with Crippen LogP contribution in [-0.2, 0) is 9.59 Å². The first kappa shape index (κ1) is 9.54. The smallest absolute Gasteiger partial charge is 0.328 e. The number of nitroso groups, excluding NO2 is 1. The molecule has 0 aliphatic carbocycles. The first-order valence-corrected chi connectivity index (χ1v) is 2.86. The van der Waals surface area contributed by atoms with Crippen molar-refractivity contribution < 1.29 is 14.7 Å². The molecule has 62 valence electrons. The maximum Gasteiger partial charge on any atom is 0.328 e. The second kappa shape index (κ2) is 3.65. The Morgan fingerprint density at radius 1 is 1.55 bits per heavy atom. The molecule has 0 radical (unpaired) electrons. The van der Waals surface area contributed by atoms with Crippen molar-refractivity contribution in [3.8, 4) is 0 Å². The highest BCUT2D eigenvalue weighted by molar-refractivity contribution is 5.81. The molecule has 0 bridgehead atoms. The van der Waals surface area contributed by atoms with E-state index in [1.54, 1.807) is 0 Å². The van der Waals surface area contributed by atoms with E-state index in [-0.39, 0.29) is 0 Å². The van der Waals surface area contributed by atoms with E-state index in [1.165, 1.54) is 6.92 Å². The predicted octanol–water partition coefficient (Wildman–Crippen LogP) is -0.0106. The van der Waals surface area contributed by atoms with Crippen LogP contribution < -0.4 is 0 Å². The molecule has 0 aliphatic rings. The molecule has 1 amide bonds. The molecule has 0 rings (SSSR count). The topological polar surface area (TPSA) is 87.0 Å². The van der Waals surface area contributed by atoms with Gasteiger partial charge in [0, 0.05) is 6.92 Å². The molecule has 0 aliphatic heterocycles. The maximum atomic E-state index is 10.5. The van der Waals surface area contributed by atoms with Gasteiger partial charge in [0.15, 0.2) is 6.04 Å². The highest BCUT2D eigenvalue weighted by Gasteiger charge is 2.23. The summed E-state index contributed by atoms with van der Waals surface area (Å²) in [6, 6.07) is -1.20. The average Bonchev–Trinajstić information content (AvgIpc) is 1.88. The minimum atomic E-state index is -1.26. The SMILES string of the molecule is CC(=O)N(N=O)C(C)C(=O)O. The van der Waals surface area contributed by atoms with Crippen LogP contribution in [0.1, 0.15) is 13.8 Å². The van der Waals surface area contributed by atoms with Crippen molar-refractivity contribution in [2.45, 2.75) is 19.9 Å². The minimum Gasteiger partial charge on any atom is -0.480 e. The molecule has 1 atom stereocenters. The van der Waals surface area contributed by atoms with Crippen LogP contribution in [0.5, 0.6) is 0 Å². The first-order chi connectivity index (χ1) is 5.00. The quantitative estimate of drug-likeness (QED) is 0.464. The molecule has 0 spiro atoms. The van der Waals surface area contributed by atoms with Gasteiger partial charge >= 0.3 is 5.97 Å². The highest BCUT2D eigenvalue weighted by atomic mass is 16.4.